The van der Waals surface area contributed by atoms with Crippen molar-refractivity contribution in [1.82, 2.24) is 10.9 Å². The van der Waals surface area contributed by atoms with Crippen molar-refractivity contribution in [1.29, 1.82) is 0 Å². The minimum absolute atomic E-state index is 0.000200. The first-order valence-corrected chi connectivity index (χ1v) is 16.2. The normalized spacial score (nSPS) is 14.9. The second kappa shape index (κ2) is 19.1. The highest BCUT2D eigenvalue weighted by atomic mass is 32.2. The molecule has 0 aromatic heterocycles. The Morgan fingerprint density at radius 1 is 0.956 bits per heavy atom. The number of hydrazine groups is 1. The largest absolute Gasteiger partial charge is 0.396 e. The van der Waals surface area contributed by atoms with Crippen molar-refractivity contribution in [3.8, 4) is 0 Å². The highest BCUT2D eigenvalue weighted by Gasteiger charge is 2.52. The highest BCUT2D eigenvalue weighted by molar-refractivity contribution is 7.85. The number of carbonyl (C=O) groups is 3. The molecule has 250 valence electrons. The van der Waals surface area contributed by atoms with Crippen LogP contribution in [0.15, 0.2) is 65.6 Å². The lowest BCUT2D eigenvalue weighted by atomic mass is 9.61. The average Bonchev–Trinajstić information content (AvgIpc) is 3.00. The van der Waals surface area contributed by atoms with E-state index < -0.39 is 51.0 Å². The standard InChI is InChI=1S/C25H40N4O5.C7H8O3S/c1-17(2)16-20(23(32)28-27)21(24(33)29-34)25(22(31)18(3)26,13-8-5-9-15-30)14-12-19-10-6-4-7-11-19;1-6-2-4-7(5-3-6)11(8,9)10/h4,6-7,10-12,14,17-18,20-21,30,34H,5,8-9,13,15-16,26-27H2,1-3H3,(H,28,32)(H,29,33);2-5H,1H3,(H,8,9,10)/b14-12+;/t18-,20-,21-,25?;/m1./s1. The summed E-state index contributed by atoms with van der Waals surface area (Å²) in [7, 11) is -4.02. The van der Waals surface area contributed by atoms with Crippen molar-refractivity contribution in [3.05, 3.63) is 71.8 Å². The molecule has 4 atom stereocenters. The van der Waals surface area contributed by atoms with Crippen LogP contribution in [0.1, 0.15) is 64.0 Å². The molecule has 45 heavy (non-hydrogen) atoms. The van der Waals surface area contributed by atoms with E-state index in [1.165, 1.54) is 19.1 Å². The number of carbonyl (C=O) groups excluding carboxylic acids is 3. The second-order valence-electron chi connectivity index (χ2n) is 11.5. The summed E-state index contributed by atoms with van der Waals surface area (Å²) in [6, 6.07) is 14.3. The van der Waals surface area contributed by atoms with Crippen LogP contribution < -0.4 is 22.5 Å². The predicted octanol–water partition coefficient (Wildman–Crippen LogP) is 3.17. The van der Waals surface area contributed by atoms with Gasteiger partial charge in [-0.15, -0.1) is 0 Å². The summed E-state index contributed by atoms with van der Waals surface area (Å²) in [5.74, 6) is 1.30. The molecule has 0 radical (unpaired) electrons. The number of Topliss-reactive ketones (excluding diaryl/α,β-unsaturated/α-hetero) is 1. The number of aliphatic hydroxyl groups excluding tert-OH is 1. The summed E-state index contributed by atoms with van der Waals surface area (Å²) in [4.78, 5) is 39.8. The van der Waals surface area contributed by atoms with Gasteiger partial charge in [0.1, 0.15) is 0 Å². The fourth-order valence-electron chi connectivity index (χ4n) is 5.20. The summed E-state index contributed by atoms with van der Waals surface area (Å²) in [6.07, 6.45) is 5.45. The van der Waals surface area contributed by atoms with Crippen LogP contribution in [-0.4, -0.2) is 53.5 Å². The zero-order chi connectivity index (χ0) is 34.2. The minimum Gasteiger partial charge on any atom is -0.396 e. The van der Waals surface area contributed by atoms with E-state index in [1.54, 1.807) is 29.8 Å². The third-order valence-electron chi connectivity index (χ3n) is 7.37. The molecule has 0 saturated heterocycles. The molecule has 0 fully saturated rings. The van der Waals surface area contributed by atoms with E-state index in [0.717, 1.165) is 11.1 Å². The van der Waals surface area contributed by atoms with Gasteiger partial charge in [-0.25, -0.2) is 11.3 Å². The summed E-state index contributed by atoms with van der Waals surface area (Å²) in [5.41, 5.74) is 10.1. The Labute approximate surface area is 266 Å². The van der Waals surface area contributed by atoms with Gasteiger partial charge in [-0.3, -0.25) is 29.6 Å². The molecule has 9 N–H and O–H groups in total. The molecule has 2 rings (SSSR count). The van der Waals surface area contributed by atoms with Crippen LogP contribution in [0.25, 0.3) is 6.08 Å². The van der Waals surface area contributed by atoms with E-state index in [1.807, 2.05) is 51.1 Å². The second-order valence-corrected chi connectivity index (χ2v) is 12.9. The molecule has 0 heterocycles. The molecule has 0 aliphatic rings. The topological polar surface area (TPSA) is 222 Å². The molecule has 0 aliphatic carbocycles. The Hall–Kier alpha value is -3.46. The van der Waals surface area contributed by atoms with E-state index in [2.05, 4.69) is 5.43 Å². The fraction of sp³-hybridized carbons (Fsp3) is 0.469. The summed E-state index contributed by atoms with van der Waals surface area (Å²) in [6.45, 7) is 7.16. The van der Waals surface area contributed by atoms with Crippen molar-refractivity contribution >= 4 is 33.8 Å². The number of rotatable bonds is 16. The van der Waals surface area contributed by atoms with Gasteiger partial charge in [0.25, 0.3) is 10.1 Å². The smallest absolute Gasteiger partial charge is 0.294 e. The van der Waals surface area contributed by atoms with E-state index in [0.29, 0.717) is 19.3 Å². The van der Waals surface area contributed by atoms with E-state index >= 15 is 0 Å². The van der Waals surface area contributed by atoms with Crippen LogP contribution in [0.2, 0.25) is 0 Å². The zero-order valence-corrected chi connectivity index (χ0v) is 27.2. The predicted molar refractivity (Wildman–Crippen MR) is 172 cm³/mol. The number of benzene rings is 2. The van der Waals surface area contributed by atoms with Gasteiger partial charge in [-0.05, 0) is 56.7 Å². The Bertz CT molecular complexity index is 1350. The van der Waals surface area contributed by atoms with Gasteiger partial charge in [0.2, 0.25) is 11.8 Å². The Morgan fingerprint density at radius 2 is 1.56 bits per heavy atom. The SMILES string of the molecule is CC(C)C[C@@H](C(=O)NN)[C@H](C(=O)NO)C(/C=C/c1ccccc1)(CCCCCO)C(=O)[C@@H](C)N.Cc1ccc(S(=O)(=O)O)cc1. The molecule has 2 aromatic rings. The van der Waals surface area contributed by atoms with E-state index in [-0.39, 0.29) is 30.3 Å². The highest BCUT2D eigenvalue weighted by Crippen LogP contribution is 2.44. The minimum atomic E-state index is -4.02. The molecule has 0 bridgehead atoms. The van der Waals surface area contributed by atoms with Gasteiger partial charge < -0.3 is 10.8 Å². The lowest BCUT2D eigenvalue weighted by Crippen LogP contribution is -2.56. The summed E-state index contributed by atoms with van der Waals surface area (Å²) < 4.78 is 29.6. The van der Waals surface area contributed by atoms with Crippen LogP contribution in [-0.2, 0) is 24.5 Å². The fourth-order valence-corrected chi connectivity index (χ4v) is 5.69. The van der Waals surface area contributed by atoms with Crippen molar-refractivity contribution in [2.24, 2.45) is 34.7 Å². The molecule has 13 heteroatoms. The van der Waals surface area contributed by atoms with Gasteiger partial charge in [-0.1, -0.05) is 86.9 Å². The van der Waals surface area contributed by atoms with Crippen molar-refractivity contribution in [2.75, 3.05) is 6.61 Å². The van der Waals surface area contributed by atoms with Crippen LogP contribution in [0.3, 0.4) is 0 Å². The van der Waals surface area contributed by atoms with Crippen molar-refractivity contribution in [2.45, 2.75) is 70.7 Å². The van der Waals surface area contributed by atoms with Crippen LogP contribution in [0.5, 0.6) is 0 Å². The molecule has 2 amide bonds. The number of nitrogens with one attached hydrogen (secondary N) is 2. The number of aliphatic hydroxyl groups is 1. The van der Waals surface area contributed by atoms with E-state index in [9.17, 15) is 33.1 Å². The Kier molecular flexibility index (Phi) is 16.8. The van der Waals surface area contributed by atoms with Gasteiger partial charge in [0, 0.05) is 6.61 Å². The molecule has 1 unspecified atom stereocenters. The number of hydrogen-bond donors (Lipinski definition) is 7. The molecular weight excluding hydrogens is 600 g/mol. The van der Waals surface area contributed by atoms with Crippen molar-refractivity contribution < 1.29 is 37.7 Å². The summed E-state index contributed by atoms with van der Waals surface area (Å²) in [5, 5.41) is 18.9. The first kappa shape index (κ1) is 39.6. The number of hydroxylamine groups is 1. The maximum atomic E-state index is 13.8. The first-order chi connectivity index (χ1) is 21.1. The van der Waals surface area contributed by atoms with Gasteiger partial charge in [0.05, 0.1) is 28.2 Å². The molecule has 0 saturated carbocycles. The molecule has 0 spiro atoms. The number of unbranched alkanes of at least 4 members (excludes halogenated alkanes) is 2. The van der Waals surface area contributed by atoms with Gasteiger partial charge >= 0.3 is 0 Å². The number of ketones is 1. The Balaban J connectivity index is 0.000000768. The zero-order valence-electron chi connectivity index (χ0n) is 26.3. The maximum Gasteiger partial charge on any atom is 0.294 e. The molecule has 0 aliphatic heterocycles. The Morgan fingerprint density at radius 3 is 2.02 bits per heavy atom. The molecule has 12 nitrogen and oxygen atoms in total. The number of nitrogens with two attached hydrogens (primary N) is 2. The lowest BCUT2D eigenvalue weighted by molar-refractivity contribution is -0.151. The van der Waals surface area contributed by atoms with Gasteiger partial charge in [-0.2, -0.15) is 8.42 Å². The quantitative estimate of drug-likeness (QED) is 0.0352. The molecular formula is C32H48N4O8S. The maximum absolute atomic E-state index is 13.8. The number of allylic oxidation sites excluding steroid dienone is 1. The number of hydrogen-bond acceptors (Lipinski definition) is 9. The van der Waals surface area contributed by atoms with Crippen LogP contribution in [0.4, 0.5) is 0 Å². The number of aryl methyl sites for hydroxylation is 1. The average molecular weight is 649 g/mol. The van der Waals surface area contributed by atoms with Crippen LogP contribution in [0, 0.1) is 30.1 Å². The monoisotopic (exact) mass is 648 g/mol. The van der Waals surface area contributed by atoms with E-state index in [4.69, 9.17) is 16.1 Å². The van der Waals surface area contributed by atoms with Crippen LogP contribution >= 0.6 is 0 Å². The summed E-state index contributed by atoms with van der Waals surface area (Å²) >= 11 is 0. The van der Waals surface area contributed by atoms with Gasteiger partial charge in [0.15, 0.2) is 5.78 Å². The molecule has 2 aromatic carbocycles. The number of amides is 2. The third kappa shape index (κ3) is 12.5. The van der Waals surface area contributed by atoms with Crippen molar-refractivity contribution in [3.63, 3.8) is 0 Å². The lowest BCUT2D eigenvalue weighted by Gasteiger charge is -2.41. The third-order valence-corrected chi connectivity index (χ3v) is 8.23. The first-order valence-electron chi connectivity index (χ1n) is 14.8.